The van der Waals surface area contributed by atoms with Gasteiger partial charge >= 0.3 is 0 Å². The first kappa shape index (κ1) is 29.6. The van der Waals surface area contributed by atoms with Crippen molar-refractivity contribution >= 4 is 9.05 Å². The Labute approximate surface area is 116 Å². The smallest absolute Gasteiger partial charge is 0 e. The minimum absolute atomic E-state index is 0. The molecule has 0 aliphatic heterocycles. The largest absolute Gasteiger partial charge is 0.894 e. The summed E-state index contributed by atoms with van der Waals surface area (Å²) in [4.78, 5) is 34.3. The molecule has 0 heterocycles. The van der Waals surface area contributed by atoms with Crippen molar-refractivity contribution in [3.05, 3.63) is 0 Å². The first-order chi connectivity index (χ1) is 2.00. The fraction of sp³-hybridized carbons (Fsp3) is 0. The molecule has 0 fully saturated rings. The van der Waals surface area contributed by atoms with Crippen LogP contribution in [0.5, 0.6) is 0 Å². The topological polar surface area (TPSA) is 92.2 Å². The van der Waals surface area contributed by atoms with Crippen LogP contribution in [0.15, 0.2) is 0 Å². The van der Waals surface area contributed by atoms with Gasteiger partial charge in [-0.25, -0.2) is 0 Å². The van der Waals surface area contributed by atoms with E-state index in [0.29, 0.717) is 0 Å². The van der Waals surface area contributed by atoms with E-state index in [1.807, 2.05) is 0 Å². The molecule has 0 saturated carbocycles. The van der Waals surface area contributed by atoms with E-state index in [9.17, 15) is 0 Å². The molecule has 0 amide bonds. The molecule has 0 aromatic rings. The summed E-state index contributed by atoms with van der Waals surface area (Å²) in [5.41, 5.74) is 0. The van der Waals surface area contributed by atoms with Crippen LogP contribution in [0, 0.1) is 0 Å². The number of hydrogen-bond acceptors (Lipinski definition) is 4. The number of rotatable bonds is 0. The summed E-state index contributed by atoms with van der Waals surface area (Å²) in [6.07, 6.45) is 0. The molecule has 0 N–H and O–H groups in total. The van der Waals surface area contributed by atoms with Crippen molar-refractivity contribution < 1.29 is 109 Å². The van der Waals surface area contributed by atoms with E-state index in [4.69, 9.17) is 19.2 Å². The van der Waals surface area contributed by atoms with E-state index in [-0.39, 0.29) is 89.5 Å². The van der Waals surface area contributed by atoms with Gasteiger partial charge in [0, 0.05) is 89.5 Å². The molecular weight excluding hydrogens is 524 g/mol. The first-order valence-corrected chi connectivity index (χ1v) is 2.45. The van der Waals surface area contributed by atoms with Gasteiger partial charge in [0.1, 0.15) is 0 Å². The van der Waals surface area contributed by atoms with Crippen LogP contribution in [-0.2, 0) is 89.5 Å². The van der Waals surface area contributed by atoms with Crippen LogP contribution in [0.3, 0.4) is 0 Å². The van der Waals surface area contributed by atoms with Crippen LogP contribution >= 0.6 is 0 Å². The van der Waals surface area contributed by atoms with Gasteiger partial charge in [-0.05, 0) is 0 Å². The van der Waals surface area contributed by atoms with Gasteiger partial charge < -0.3 is 28.2 Å². The first-order valence-electron chi connectivity index (χ1n) is 0.816. The van der Waals surface area contributed by atoms with Crippen LogP contribution in [0.2, 0.25) is 0 Å². The van der Waals surface area contributed by atoms with Crippen LogP contribution in [0.1, 0.15) is 0 Å². The predicted octanol–water partition coefficient (Wildman–Crippen LogP) is -5.15. The van der Waals surface area contributed by atoms with Gasteiger partial charge in [-0.15, -0.1) is 0 Å². The second-order valence-electron chi connectivity index (χ2n) is 0.500. The molecule has 9 heteroatoms. The van der Waals surface area contributed by atoms with Gasteiger partial charge in [-0.2, -0.15) is 0 Å². The van der Waals surface area contributed by atoms with Gasteiger partial charge in [0.2, 0.25) is 0 Å². The number of hydrogen-bond donors (Lipinski definition) is 0. The zero-order valence-corrected chi connectivity index (χ0v) is 10.3. The molecule has 0 bridgehead atoms. The van der Waals surface area contributed by atoms with Crippen LogP contribution in [0.25, 0.3) is 0 Å². The fourth-order valence-electron chi connectivity index (χ4n) is 0. The third-order valence-corrected chi connectivity index (χ3v) is 0. The maximum Gasteiger partial charge on any atom is 0 e. The standard InChI is InChI=1S/4Ag.O4Si/c;;;;1-5(2,3)4/q;;;;-4. The van der Waals surface area contributed by atoms with Crippen LogP contribution in [0.4, 0.5) is 0 Å². The van der Waals surface area contributed by atoms with Crippen molar-refractivity contribution in [2.45, 2.75) is 0 Å². The zero-order valence-electron chi connectivity index (χ0n) is 3.34. The summed E-state index contributed by atoms with van der Waals surface area (Å²) < 4.78 is 0. The molecule has 0 spiro atoms. The van der Waals surface area contributed by atoms with E-state index in [1.165, 1.54) is 0 Å². The maximum absolute atomic E-state index is 8.58. The Balaban J connectivity index is -0.0000000133. The van der Waals surface area contributed by atoms with Crippen molar-refractivity contribution in [1.82, 2.24) is 0 Å². The second kappa shape index (κ2) is 13.6. The minimum Gasteiger partial charge on any atom is -0.894 e. The van der Waals surface area contributed by atoms with Gasteiger partial charge in [-0.3, -0.25) is 0 Å². The molecule has 4 nitrogen and oxygen atoms in total. The Kier molecular flexibility index (Phi) is 44.8. The van der Waals surface area contributed by atoms with Crippen molar-refractivity contribution in [3.63, 3.8) is 0 Å². The van der Waals surface area contributed by atoms with Crippen molar-refractivity contribution in [2.75, 3.05) is 0 Å². The maximum atomic E-state index is 8.58. The Hall–Kier alpha value is 3.02. The van der Waals surface area contributed by atoms with Crippen LogP contribution < -0.4 is 19.2 Å². The molecule has 0 aromatic heterocycles. The SMILES string of the molecule is [Ag].[Ag].[Ag].[Ag].[O-][Si]([O-])([O-])[O-]. The summed E-state index contributed by atoms with van der Waals surface area (Å²) in [5, 5.41) is 0. The van der Waals surface area contributed by atoms with Crippen molar-refractivity contribution in [3.8, 4) is 0 Å². The van der Waals surface area contributed by atoms with E-state index in [1.54, 1.807) is 0 Å². The zero-order chi connectivity index (χ0) is 4.50. The predicted molar refractivity (Wildman–Crippen MR) is 5.75 cm³/mol. The quantitative estimate of drug-likeness (QED) is 0.297. The van der Waals surface area contributed by atoms with E-state index in [2.05, 4.69) is 0 Å². The van der Waals surface area contributed by atoms with Gasteiger partial charge in [0.25, 0.3) is 0 Å². The normalized spacial score (nSPS) is 6.67. The summed E-state index contributed by atoms with van der Waals surface area (Å²) in [6.45, 7) is 0. The Morgan fingerprint density at radius 1 is 0.556 bits per heavy atom. The minimum atomic E-state index is -5.61. The van der Waals surface area contributed by atoms with Gasteiger partial charge in [0.15, 0.2) is 0 Å². The van der Waals surface area contributed by atoms with E-state index >= 15 is 0 Å². The second-order valence-corrected chi connectivity index (χ2v) is 1.50. The molecule has 0 rings (SSSR count). The fourth-order valence-corrected chi connectivity index (χ4v) is 0. The average molecular weight is 524 g/mol. The molecule has 9 heavy (non-hydrogen) atoms. The summed E-state index contributed by atoms with van der Waals surface area (Å²) in [5.74, 6) is 0. The Bertz CT molecular complexity index is 28.0. The van der Waals surface area contributed by atoms with Gasteiger partial charge in [0.05, 0.1) is 0 Å². The molecule has 0 aliphatic rings. The molecule has 0 unspecified atom stereocenters. The van der Waals surface area contributed by atoms with Crippen LogP contribution in [-0.4, -0.2) is 9.05 Å². The molecule has 4 radical (unpaired) electrons. The summed E-state index contributed by atoms with van der Waals surface area (Å²) >= 11 is 0. The van der Waals surface area contributed by atoms with E-state index < -0.39 is 9.05 Å². The third-order valence-electron chi connectivity index (χ3n) is 0. The van der Waals surface area contributed by atoms with E-state index in [0.717, 1.165) is 0 Å². The third kappa shape index (κ3) is 98.4. The Morgan fingerprint density at radius 2 is 0.556 bits per heavy atom. The molecule has 76 valence electrons. The molecule has 0 aromatic carbocycles. The molecule has 0 aliphatic carbocycles. The van der Waals surface area contributed by atoms with Gasteiger partial charge in [-0.1, -0.05) is 0 Å². The van der Waals surface area contributed by atoms with Crippen molar-refractivity contribution in [1.29, 1.82) is 0 Å². The Morgan fingerprint density at radius 3 is 0.556 bits per heavy atom. The molecule has 0 saturated heterocycles. The molecular formula is Ag4O4Si-4. The molecule has 0 atom stereocenters. The summed E-state index contributed by atoms with van der Waals surface area (Å²) in [6, 6.07) is 0. The average Bonchev–Trinajstić information content (AvgIpc) is 0.722. The monoisotopic (exact) mass is 520 g/mol. The summed E-state index contributed by atoms with van der Waals surface area (Å²) in [7, 11) is -5.61. The van der Waals surface area contributed by atoms with Crippen molar-refractivity contribution in [2.24, 2.45) is 0 Å².